The molecular weight excluding hydrogens is 930 g/mol. The number of carbonyl (C=O) groups is 10. The molecule has 0 aliphatic carbocycles. The van der Waals surface area contributed by atoms with Crippen LogP contribution in [0.3, 0.4) is 0 Å². The van der Waals surface area contributed by atoms with Gasteiger partial charge in [-0.1, -0.05) is 0 Å². The highest BCUT2D eigenvalue weighted by Crippen LogP contribution is 2.17. The fraction of sp³-hybridized carbons (Fsp3) is 0.361. The number of hydrogen-bond acceptors (Lipinski definition) is 28. The third-order valence-electron chi connectivity index (χ3n) is 6.88. The van der Waals surface area contributed by atoms with Gasteiger partial charge >= 0.3 is 42.0 Å². The zero-order valence-electron chi connectivity index (χ0n) is 36.8. The van der Waals surface area contributed by atoms with E-state index >= 15 is 0 Å². The molecule has 2 amide bonds. The Bertz CT molecular complexity index is 2240. The number of ether oxygens (including phenoxy) is 3. The first kappa shape index (κ1) is 61.6. The Morgan fingerprint density at radius 1 is 0.522 bits per heavy atom. The largest absolute Gasteiger partial charge is 0.481 e. The average Bonchev–Trinajstić information content (AvgIpc) is 3.28. The third kappa shape index (κ3) is 24.9. The van der Waals surface area contributed by atoms with Gasteiger partial charge < -0.3 is 80.3 Å². The van der Waals surface area contributed by atoms with Gasteiger partial charge in [-0.05, 0) is 20.8 Å². The van der Waals surface area contributed by atoms with E-state index in [0.717, 1.165) is 0 Å². The molecule has 0 bridgehead atoms. The number of carbonyl (C=O) groups excluding carboxylic acids is 9. The summed E-state index contributed by atoms with van der Waals surface area (Å²) in [7, 11) is 0. The van der Waals surface area contributed by atoms with Gasteiger partial charge in [0.2, 0.25) is 0 Å². The summed E-state index contributed by atoms with van der Waals surface area (Å²) in [4.78, 5) is 149. The number of nitrogen functional groups attached to an aromatic ring is 6. The Morgan fingerprint density at radius 2 is 0.913 bits per heavy atom. The van der Waals surface area contributed by atoms with Crippen LogP contribution >= 0.6 is 0 Å². The first-order valence-corrected chi connectivity index (χ1v) is 19.0. The quantitative estimate of drug-likeness (QED) is 0.0312. The van der Waals surface area contributed by atoms with Crippen LogP contribution in [-0.2, 0) is 47.8 Å². The van der Waals surface area contributed by atoms with Gasteiger partial charge in [0, 0.05) is 12.8 Å². The van der Waals surface area contributed by atoms with E-state index in [4.69, 9.17) is 69.8 Å². The van der Waals surface area contributed by atoms with E-state index in [2.05, 4.69) is 44.7 Å². The van der Waals surface area contributed by atoms with Crippen LogP contribution in [0.25, 0.3) is 0 Å². The normalized spacial score (nSPS) is 9.45. The highest BCUT2D eigenvalue weighted by Gasteiger charge is 2.23. The number of esters is 3. The van der Waals surface area contributed by atoms with Gasteiger partial charge in [-0.3, -0.25) is 43.2 Å². The molecule has 0 unspecified atom stereocenters. The third-order valence-corrected chi connectivity index (χ3v) is 6.88. The molecule has 3 aromatic rings. The van der Waals surface area contributed by atoms with Crippen LogP contribution in [0.5, 0.6) is 0 Å². The lowest BCUT2D eigenvalue weighted by atomic mass is 10.1. The topological polar surface area (TPSA) is 577 Å². The summed E-state index contributed by atoms with van der Waals surface area (Å²) in [6.45, 7) is 4.76. The highest BCUT2D eigenvalue weighted by molar-refractivity contribution is 6.04. The summed E-state index contributed by atoms with van der Waals surface area (Å²) in [6, 6.07) is 0. The van der Waals surface area contributed by atoms with E-state index in [1.807, 2.05) is 5.32 Å². The van der Waals surface area contributed by atoms with Crippen molar-refractivity contribution in [2.75, 3.05) is 73.9 Å². The van der Waals surface area contributed by atoms with E-state index in [1.165, 1.54) is 6.20 Å². The van der Waals surface area contributed by atoms with Crippen LogP contribution in [0.15, 0.2) is 6.20 Å². The summed E-state index contributed by atoms with van der Waals surface area (Å²) >= 11 is 0. The molecule has 69 heavy (non-hydrogen) atoms. The summed E-state index contributed by atoms with van der Waals surface area (Å²) < 4.78 is 13.8. The number of anilines is 6. The number of rotatable bonds is 19. The van der Waals surface area contributed by atoms with Crippen molar-refractivity contribution >= 4 is 100 Å². The van der Waals surface area contributed by atoms with Gasteiger partial charge in [-0.25, -0.2) is 34.7 Å². The monoisotopic (exact) mass is 979 g/mol. The van der Waals surface area contributed by atoms with E-state index in [-0.39, 0.29) is 104 Å². The zero-order chi connectivity index (χ0) is 53.4. The number of hydrogen-bond donors (Lipinski definition) is 12. The molecule has 3 aromatic heterocycles. The Kier molecular flexibility index (Phi) is 29.5. The molecule has 0 aromatic carbocycles. The molecular formula is C36H49N15O18. The fourth-order valence-corrected chi connectivity index (χ4v) is 4.05. The second kappa shape index (κ2) is 33.0. The Balaban J connectivity index is 0. The van der Waals surface area contributed by atoms with Crippen molar-refractivity contribution in [2.24, 2.45) is 5.73 Å². The number of nitrogens with two attached hydrogens (primary N) is 7. The number of carboxylic acid groups (broad SMARTS) is 3. The van der Waals surface area contributed by atoms with Gasteiger partial charge in [-0.2, -0.15) is 9.59 Å². The standard InChI is InChI=1S/C15H21N5O6.C11H13N5O6.C5H6N4O2.C4H9NO2.CO2/c1-3-25-9(22)6-5-8(21)11-13(16)20-12(14(17)19-11)15(24)18-7-10(23)26-4-2;12-9-7(4(17)1-2-5(18)19)15-10(13)8(16-9)11(22)14-3-6(20)21;6-2-1-8-4(7)3(9-2)5(10)11;1-2-7-4(6)3-5;2-1-3/h3-7H2,1-2H3,(H2,16,20)(H2,17,19)(H,18,24);1-3H2,(H2,12,16)(H2,13,15)(H,14,22)(H,18,19)(H,20,21);1H,(H2,6,9)(H2,7,8)(H,10,11);2-3,5H2,1H3;. The lowest BCUT2D eigenvalue weighted by Crippen LogP contribution is -2.32. The fourth-order valence-electron chi connectivity index (χ4n) is 4.05. The van der Waals surface area contributed by atoms with Gasteiger partial charge in [0.15, 0.2) is 69.1 Å². The summed E-state index contributed by atoms with van der Waals surface area (Å²) in [5.74, 6) is -9.69. The van der Waals surface area contributed by atoms with Crippen molar-refractivity contribution in [3.05, 3.63) is 34.7 Å². The molecule has 0 radical (unpaired) electrons. The molecule has 0 atom stereocenters. The van der Waals surface area contributed by atoms with Crippen LogP contribution in [0, 0.1) is 0 Å². The molecule has 0 aliphatic rings. The second-order valence-electron chi connectivity index (χ2n) is 11.9. The predicted octanol–water partition coefficient (Wildman–Crippen LogP) is -3.77. The van der Waals surface area contributed by atoms with Crippen LogP contribution in [0.1, 0.15) is 98.9 Å². The second-order valence-corrected chi connectivity index (χ2v) is 11.9. The number of amides is 2. The zero-order valence-corrected chi connectivity index (χ0v) is 36.8. The van der Waals surface area contributed by atoms with Crippen LogP contribution in [0.4, 0.5) is 34.9 Å². The minimum Gasteiger partial charge on any atom is -0.481 e. The van der Waals surface area contributed by atoms with Gasteiger partial charge in [0.1, 0.15) is 18.9 Å². The summed E-state index contributed by atoms with van der Waals surface area (Å²) in [6.07, 6.45) is 0.349. The molecule has 0 saturated carbocycles. The van der Waals surface area contributed by atoms with E-state index in [0.29, 0.717) is 6.61 Å². The first-order chi connectivity index (χ1) is 32.3. The number of aliphatic carboxylic acids is 2. The van der Waals surface area contributed by atoms with Crippen LogP contribution in [0.2, 0.25) is 0 Å². The average molecular weight is 980 g/mol. The maximum Gasteiger partial charge on any atom is 0.373 e. The van der Waals surface area contributed by atoms with E-state index in [1.54, 1.807) is 20.8 Å². The molecule has 0 saturated heterocycles. The Morgan fingerprint density at radius 3 is 1.29 bits per heavy atom. The van der Waals surface area contributed by atoms with E-state index in [9.17, 15) is 47.9 Å². The minimum absolute atomic E-state index is 0.0200. The van der Waals surface area contributed by atoms with Crippen molar-refractivity contribution in [3.8, 4) is 0 Å². The van der Waals surface area contributed by atoms with E-state index < -0.39 is 83.5 Å². The molecule has 0 aliphatic heterocycles. The van der Waals surface area contributed by atoms with Crippen molar-refractivity contribution in [1.82, 2.24) is 40.5 Å². The number of aromatic nitrogens is 6. The number of nitrogens with zero attached hydrogens (tertiary/aromatic N) is 6. The van der Waals surface area contributed by atoms with Crippen LogP contribution in [-0.4, -0.2) is 150 Å². The molecule has 3 heterocycles. The van der Waals surface area contributed by atoms with Crippen molar-refractivity contribution < 1.29 is 87.1 Å². The number of carboxylic acids is 3. The molecule has 33 heteroatoms. The SMILES string of the molecule is CCOC(=O)CCC(=O)c1nc(N)c(C(=O)NCC(=O)OCC)nc1N.CCOC(=O)CN.Nc1cnc(N)c(C(=O)O)n1.Nc1nc(C(=O)NCC(=O)O)c(N)nc1C(=O)CCC(=O)O.O=C=O. The number of ketones is 2. The molecule has 19 N–H and O–H groups in total. The molecule has 376 valence electrons. The predicted molar refractivity (Wildman–Crippen MR) is 231 cm³/mol. The maximum atomic E-state index is 12.1. The number of Topliss-reactive ketones (excluding diaryl/α,β-unsaturated/α-hetero) is 2. The molecule has 33 nitrogen and oxygen atoms in total. The first-order valence-electron chi connectivity index (χ1n) is 19.0. The van der Waals surface area contributed by atoms with Gasteiger partial charge in [-0.15, -0.1) is 0 Å². The summed E-state index contributed by atoms with van der Waals surface area (Å²) in [5, 5.41) is 29.7. The van der Waals surface area contributed by atoms with Crippen molar-refractivity contribution in [1.29, 1.82) is 0 Å². The highest BCUT2D eigenvalue weighted by atomic mass is 16.5. The Labute approximate surface area is 388 Å². The van der Waals surface area contributed by atoms with Gasteiger partial charge in [0.25, 0.3) is 11.8 Å². The van der Waals surface area contributed by atoms with Crippen LogP contribution < -0.4 is 50.8 Å². The van der Waals surface area contributed by atoms with Crippen molar-refractivity contribution in [2.45, 2.75) is 46.5 Å². The van der Waals surface area contributed by atoms with Gasteiger partial charge in [0.05, 0.1) is 45.4 Å². The minimum atomic E-state index is -1.27. The Hall–Kier alpha value is -9.52. The lowest BCUT2D eigenvalue weighted by molar-refractivity contribution is -0.192. The summed E-state index contributed by atoms with van der Waals surface area (Å²) in [5.41, 5.74) is 35.9. The lowest BCUT2D eigenvalue weighted by Gasteiger charge is -2.09. The van der Waals surface area contributed by atoms with Crippen molar-refractivity contribution in [3.63, 3.8) is 0 Å². The molecule has 0 fully saturated rings. The molecule has 0 spiro atoms. The number of aromatic carboxylic acids is 1. The number of nitrogens with one attached hydrogen (secondary N) is 2. The smallest absolute Gasteiger partial charge is 0.373 e. The maximum absolute atomic E-state index is 12.1. The molecule has 3 rings (SSSR count).